The fraction of sp³-hybridized carbons (Fsp3) is 0.257. The summed E-state index contributed by atoms with van der Waals surface area (Å²) in [6, 6.07) is 19.0. The van der Waals surface area contributed by atoms with Crippen LogP contribution in [0.25, 0.3) is 5.76 Å². The van der Waals surface area contributed by atoms with E-state index in [1.807, 2.05) is 44.2 Å². The van der Waals surface area contributed by atoms with Gasteiger partial charge in [-0.3, -0.25) is 19.3 Å². The number of benzene rings is 3. The number of Topliss-reactive ketones (excluding diaryl/α,β-unsaturated/α-hetero) is 2. The van der Waals surface area contributed by atoms with Crippen LogP contribution in [0.4, 0.5) is 5.13 Å². The molecule has 230 valence electrons. The van der Waals surface area contributed by atoms with Gasteiger partial charge in [0.2, 0.25) is 0 Å². The third-order valence-electron chi connectivity index (χ3n) is 7.75. The Balaban J connectivity index is 1.48. The number of aryl methyl sites for hydroxylation is 1. The normalized spacial score (nSPS) is 18.5. The van der Waals surface area contributed by atoms with Gasteiger partial charge in [-0.2, -0.15) is 0 Å². The van der Waals surface area contributed by atoms with Crippen molar-refractivity contribution in [1.29, 1.82) is 0 Å². The van der Waals surface area contributed by atoms with E-state index in [0.717, 1.165) is 28.2 Å². The molecule has 9 nitrogen and oxygen atoms in total. The van der Waals surface area contributed by atoms with Crippen LogP contribution in [-0.4, -0.2) is 40.3 Å². The Bertz CT molecular complexity index is 1850. The summed E-state index contributed by atoms with van der Waals surface area (Å²) in [6.45, 7) is 7.57. The second-order valence-corrected chi connectivity index (χ2v) is 12.0. The first-order valence-electron chi connectivity index (χ1n) is 14.7. The quantitative estimate of drug-likeness (QED) is 0.0961. The number of hydrogen-bond donors (Lipinski definition) is 1. The molecule has 1 N–H and O–H groups in total. The van der Waals surface area contributed by atoms with Gasteiger partial charge in [0, 0.05) is 18.9 Å². The van der Waals surface area contributed by atoms with Crippen LogP contribution in [0, 0.1) is 6.92 Å². The van der Waals surface area contributed by atoms with Crippen LogP contribution in [0.5, 0.6) is 17.2 Å². The molecule has 2 atom stereocenters. The standard InChI is InChI=1S/C35H32N2O7S/c1-5-42-28-17-23(11-14-27(28)43-18-22-9-7-6-8-10-22)30-29(31(39)24-12-13-26-25(16-24)15-19(2)44-26)32(40)34(41)37(30)35-36-20(3)33(45-35)21(4)38/h6-14,16-17,19,30,39H,5,15,18H2,1-4H3/t19-,30-/m1/s1. The summed E-state index contributed by atoms with van der Waals surface area (Å²) in [4.78, 5) is 45.9. The zero-order chi connectivity index (χ0) is 31.8. The molecular formula is C35H32N2O7S. The van der Waals surface area contributed by atoms with Crippen molar-refractivity contribution in [1.82, 2.24) is 4.98 Å². The maximum atomic E-state index is 13.8. The lowest BCUT2D eigenvalue weighted by molar-refractivity contribution is -0.132. The van der Waals surface area contributed by atoms with E-state index >= 15 is 0 Å². The number of ketones is 2. The summed E-state index contributed by atoms with van der Waals surface area (Å²) >= 11 is 1.03. The maximum absolute atomic E-state index is 13.8. The molecule has 0 bridgehead atoms. The zero-order valence-corrected chi connectivity index (χ0v) is 26.1. The molecule has 1 fully saturated rings. The highest BCUT2D eigenvalue weighted by molar-refractivity contribution is 7.18. The van der Waals surface area contributed by atoms with Gasteiger partial charge in [-0.05, 0) is 67.8 Å². The number of aromatic nitrogens is 1. The number of ether oxygens (including phenoxy) is 3. The molecule has 3 heterocycles. The Hall–Kier alpha value is -4.96. The van der Waals surface area contributed by atoms with E-state index in [-0.39, 0.29) is 28.4 Å². The minimum Gasteiger partial charge on any atom is -0.507 e. The molecule has 3 aromatic carbocycles. The minimum atomic E-state index is -1.05. The van der Waals surface area contributed by atoms with Crippen molar-refractivity contribution in [3.8, 4) is 17.2 Å². The summed E-state index contributed by atoms with van der Waals surface area (Å²) in [6.07, 6.45) is 0.647. The number of rotatable bonds is 9. The summed E-state index contributed by atoms with van der Waals surface area (Å²) in [5.74, 6) is -0.604. The molecular weight excluding hydrogens is 592 g/mol. The van der Waals surface area contributed by atoms with Crippen molar-refractivity contribution in [3.63, 3.8) is 0 Å². The van der Waals surface area contributed by atoms with Gasteiger partial charge < -0.3 is 19.3 Å². The van der Waals surface area contributed by atoms with Crippen LogP contribution in [0.2, 0.25) is 0 Å². The Labute approximate surface area is 264 Å². The van der Waals surface area contributed by atoms with Crippen molar-refractivity contribution in [2.75, 3.05) is 11.5 Å². The van der Waals surface area contributed by atoms with Crippen molar-refractivity contribution < 1.29 is 33.7 Å². The van der Waals surface area contributed by atoms with Crippen molar-refractivity contribution in [2.24, 2.45) is 0 Å². The van der Waals surface area contributed by atoms with Gasteiger partial charge in [-0.15, -0.1) is 0 Å². The second kappa shape index (κ2) is 12.2. The Morgan fingerprint density at radius 1 is 1.07 bits per heavy atom. The number of hydrogen-bond acceptors (Lipinski definition) is 9. The molecule has 0 saturated carbocycles. The average Bonchev–Trinajstić information content (AvgIpc) is 3.68. The monoisotopic (exact) mass is 624 g/mol. The van der Waals surface area contributed by atoms with Crippen molar-refractivity contribution >= 4 is 39.7 Å². The molecule has 0 aliphatic carbocycles. The van der Waals surface area contributed by atoms with Gasteiger partial charge in [0.15, 0.2) is 22.4 Å². The number of thiazole rings is 1. The molecule has 0 spiro atoms. The summed E-state index contributed by atoms with van der Waals surface area (Å²) in [5.41, 5.74) is 3.13. The predicted octanol–water partition coefficient (Wildman–Crippen LogP) is 6.58. The smallest absolute Gasteiger partial charge is 0.301 e. The van der Waals surface area contributed by atoms with Crippen LogP contribution in [0.3, 0.4) is 0 Å². The molecule has 1 saturated heterocycles. The fourth-order valence-corrected chi connectivity index (χ4v) is 6.69. The molecule has 45 heavy (non-hydrogen) atoms. The Morgan fingerprint density at radius 3 is 2.56 bits per heavy atom. The summed E-state index contributed by atoms with van der Waals surface area (Å²) in [7, 11) is 0. The van der Waals surface area contributed by atoms with Crippen molar-refractivity contribution in [2.45, 2.75) is 52.9 Å². The van der Waals surface area contributed by atoms with E-state index in [9.17, 15) is 19.5 Å². The third-order valence-corrected chi connectivity index (χ3v) is 9.00. The van der Waals surface area contributed by atoms with E-state index in [4.69, 9.17) is 14.2 Å². The number of nitrogens with zero attached hydrogens (tertiary/aromatic N) is 2. The number of amides is 1. The fourth-order valence-electron chi connectivity index (χ4n) is 5.70. The highest BCUT2D eigenvalue weighted by Gasteiger charge is 2.48. The zero-order valence-electron chi connectivity index (χ0n) is 25.3. The van der Waals surface area contributed by atoms with E-state index < -0.39 is 17.7 Å². The molecule has 4 aromatic rings. The average molecular weight is 625 g/mol. The third kappa shape index (κ3) is 5.69. The van der Waals surface area contributed by atoms with Crippen LogP contribution in [-0.2, 0) is 22.6 Å². The first-order valence-corrected chi connectivity index (χ1v) is 15.5. The van der Waals surface area contributed by atoms with E-state index in [0.29, 0.717) is 52.8 Å². The molecule has 0 radical (unpaired) electrons. The van der Waals surface area contributed by atoms with Crippen LogP contribution >= 0.6 is 11.3 Å². The first-order chi connectivity index (χ1) is 21.7. The number of anilines is 1. The second-order valence-electron chi connectivity index (χ2n) is 11.0. The van der Waals surface area contributed by atoms with Gasteiger partial charge in [-0.25, -0.2) is 4.98 Å². The maximum Gasteiger partial charge on any atom is 0.301 e. The highest BCUT2D eigenvalue weighted by atomic mass is 32.1. The lowest BCUT2D eigenvalue weighted by atomic mass is 9.94. The van der Waals surface area contributed by atoms with Gasteiger partial charge in [-0.1, -0.05) is 47.7 Å². The van der Waals surface area contributed by atoms with Crippen LogP contribution in [0.15, 0.2) is 72.3 Å². The molecule has 10 heteroatoms. The van der Waals surface area contributed by atoms with Gasteiger partial charge >= 0.3 is 5.91 Å². The first kappa shape index (κ1) is 30.1. The van der Waals surface area contributed by atoms with Gasteiger partial charge in [0.05, 0.1) is 28.8 Å². The Morgan fingerprint density at radius 2 is 1.84 bits per heavy atom. The topological polar surface area (TPSA) is 115 Å². The molecule has 1 amide bonds. The summed E-state index contributed by atoms with van der Waals surface area (Å²) in [5, 5.41) is 11.9. The predicted molar refractivity (Wildman–Crippen MR) is 170 cm³/mol. The van der Waals surface area contributed by atoms with Crippen LogP contribution < -0.4 is 19.1 Å². The number of aliphatic hydroxyl groups excluding tert-OH is 1. The molecule has 0 unspecified atom stereocenters. The largest absolute Gasteiger partial charge is 0.507 e. The SMILES string of the molecule is CCOc1cc([C@@H]2C(=C(O)c3ccc4c(c3)C[C@@H](C)O4)C(=O)C(=O)N2c2nc(C)c(C(C)=O)s2)ccc1OCc1ccccc1. The van der Waals surface area contributed by atoms with Crippen LogP contribution in [0.1, 0.15) is 64.4 Å². The van der Waals surface area contributed by atoms with Gasteiger partial charge in [0.25, 0.3) is 5.78 Å². The molecule has 2 aliphatic rings. The molecule has 2 aliphatic heterocycles. The summed E-state index contributed by atoms with van der Waals surface area (Å²) < 4.78 is 17.9. The lowest BCUT2D eigenvalue weighted by Gasteiger charge is -2.24. The highest BCUT2D eigenvalue weighted by Crippen LogP contribution is 2.46. The Kier molecular flexibility index (Phi) is 8.16. The van der Waals surface area contributed by atoms with E-state index in [1.54, 1.807) is 43.3 Å². The van der Waals surface area contributed by atoms with E-state index in [1.165, 1.54) is 11.8 Å². The van der Waals surface area contributed by atoms with Gasteiger partial charge in [0.1, 0.15) is 24.2 Å². The number of fused-ring (bicyclic) bond motifs is 1. The van der Waals surface area contributed by atoms with Crippen molar-refractivity contribution in [3.05, 3.63) is 105 Å². The molecule has 1 aromatic heterocycles. The number of carbonyl (C=O) groups is 3. The minimum absolute atomic E-state index is 0.00815. The number of carbonyl (C=O) groups excluding carboxylic acids is 3. The molecule has 6 rings (SSSR count). The number of aliphatic hydroxyl groups is 1. The lowest BCUT2D eigenvalue weighted by Crippen LogP contribution is -2.29. The van der Waals surface area contributed by atoms with E-state index in [2.05, 4.69) is 4.98 Å².